The highest BCUT2D eigenvalue weighted by Crippen LogP contribution is 2.27. The molecule has 0 bridgehead atoms. The van der Waals surface area contributed by atoms with E-state index in [4.69, 9.17) is 0 Å². The Labute approximate surface area is 142 Å². The molecule has 1 saturated heterocycles. The zero-order valence-electron chi connectivity index (χ0n) is 13.5. The van der Waals surface area contributed by atoms with Gasteiger partial charge in [-0.15, -0.1) is 11.3 Å². The van der Waals surface area contributed by atoms with E-state index in [1.54, 1.807) is 10.4 Å². The highest BCUT2D eigenvalue weighted by Gasteiger charge is 2.29. The Balaban J connectivity index is 1.72. The van der Waals surface area contributed by atoms with Crippen LogP contribution in [0.5, 0.6) is 0 Å². The van der Waals surface area contributed by atoms with Gasteiger partial charge in [0.15, 0.2) is 0 Å². The summed E-state index contributed by atoms with van der Waals surface area (Å²) < 4.78 is 27.6. The maximum Gasteiger partial charge on any atom is 0.252 e. The molecule has 0 saturated carbocycles. The summed E-state index contributed by atoms with van der Waals surface area (Å²) in [6.07, 6.45) is 0.876. The van der Waals surface area contributed by atoms with E-state index in [-0.39, 0.29) is 0 Å². The highest BCUT2D eigenvalue weighted by atomic mass is 32.2. The number of thiophene rings is 1. The van der Waals surface area contributed by atoms with Crippen LogP contribution in [0.2, 0.25) is 0 Å². The van der Waals surface area contributed by atoms with E-state index >= 15 is 0 Å². The number of anilines is 1. The fourth-order valence-corrected chi connectivity index (χ4v) is 5.77. The molecule has 0 radical (unpaired) electrons. The van der Waals surface area contributed by atoms with Crippen LogP contribution in [0.4, 0.5) is 5.69 Å². The second kappa shape index (κ2) is 6.63. The van der Waals surface area contributed by atoms with Crippen LogP contribution in [-0.2, 0) is 16.4 Å². The van der Waals surface area contributed by atoms with E-state index < -0.39 is 10.0 Å². The first-order chi connectivity index (χ1) is 11.0. The first-order valence-electron chi connectivity index (χ1n) is 7.92. The van der Waals surface area contributed by atoms with E-state index in [2.05, 4.69) is 24.0 Å². The molecule has 0 aliphatic carbocycles. The van der Waals surface area contributed by atoms with Gasteiger partial charge in [-0.1, -0.05) is 25.1 Å². The molecule has 3 rings (SSSR count). The molecule has 124 valence electrons. The summed E-state index contributed by atoms with van der Waals surface area (Å²) in [5.74, 6) is 0. The van der Waals surface area contributed by atoms with Crippen molar-refractivity contribution >= 4 is 27.0 Å². The van der Waals surface area contributed by atoms with Crippen molar-refractivity contribution < 1.29 is 8.42 Å². The number of hydrogen-bond donors (Lipinski definition) is 0. The molecule has 4 nitrogen and oxygen atoms in total. The van der Waals surface area contributed by atoms with E-state index in [0.717, 1.165) is 24.4 Å². The van der Waals surface area contributed by atoms with Gasteiger partial charge in [0.25, 0.3) is 10.0 Å². The predicted molar refractivity (Wildman–Crippen MR) is 95.8 cm³/mol. The fourth-order valence-electron chi connectivity index (χ4n) is 2.90. The summed E-state index contributed by atoms with van der Waals surface area (Å²) in [5.41, 5.74) is 2.43. The highest BCUT2D eigenvalue weighted by molar-refractivity contribution is 7.91. The molecule has 0 unspecified atom stereocenters. The van der Waals surface area contributed by atoms with Gasteiger partial charge in [0, 0.05) is 36.7 Å². The summed E-state index contributed by atoms with van der Waals surface area (Å²) in [7, 11) is -3.34. The smallest absolute Gasteiger partial charge is 0.252 e. The summed E-state index contributed by atoms with van der Waals surface area (Å²) in [6, 6.07) is 11.9. The van der Waals surface area contributed by atoms with Crippen LogP contribution < -0.4 is 4.90 Å². The number of para-hydroxylation sites is 1. The fraction of sp³-hybridized carbons (Fsp3) is 0.412. The molecular formula is C17H22N2O2S2. The first kappa shape index (κ1) is 16.5. The van der Waals surface area contributed by atoms with Gasteiger partial charge in [0.2, 0.25) is 0 Å². The Morgan fingerprint density at radius 2 is 1.74 bits per heavy atom. The minimum atomic E-state index is -3.34. The van der Waals surface area contributed by atoms with Crippen molar-refractivity contribution in [2.75, 3.05) is 31.1 Å². The quantitative estimate of drug-likeness (QED) is 0.851. The molecule has 2 heterocycles. The Morgan fingerprint density at radius 3 is 2.35 bits per heavy atom. The summed E-state index contributed by atoms with van der Waals surface area (Å²) in [6.45, 7) is 6.68. The summed E-state index contributed by atoms with van der Waals surface area (Å²) in [5, 5.41) is 0. The predicted octanol–water partition coefficient (Wildman–Crippen LogP) is 3.13. The lowest BCUT2D eigenvalue weighted by Crippen LogP contribution is -2.48. The molecule has 1 aliphatic heterocycles. The number of piperazine rings is 1. The van der Waals surface area contributed by atoms with Crippen LogP contribution in [0, 0.1) is 6.92 Å². The van der Waals surface area contributed by atoms with Crippen molar-refractivity contribution in [2.24, 2.45) is 0 Å². The monoisotopic (exact) mass is 350 g/mol. The Kier molecular flexibility index (Phi) is 4.75. The number of benzene rings is 1. The summed E-state index contributed by atoms with van der Waals surface area (Å²) >= 11 is 1.39. The number of nitrogens with zero attached hydrogens (tertiary/aromatic N) is 2. The van der Waals surface area contributed by atoms with Crippen molar-refractivity contribution in [3.8, 4) is 0 Å². The largest absolute Gasteiger partial charge is 0.369 e. The molecule has 1 fully saturated rings. The standard InChI is InChI=1S/C17H22N2O2S2/c1-3-15-8-9-17(22-15)23(20,21)19-12-10-18(11-13-19)16-7-5-4-6-14(16)2/h4-9H,3,10-13H2,1-2H3. The first-order valence-corrected chi connectivity index (χ1v) is 10.2. The van der Waals surface area contributed by atoms with Gasteiger partial charge in [-0.05, 0) is 37.1 Å². The van der Waals surface area contributed by atoms with Crippen molar-refractivity contribution in [1.82, 2.24) is 4.31 Å². The van der Waals surface area contributed by atoms with Crippen molar-refractivity contribution in [2.45, 2.75) is 24.5 Å². The molecule has 23 heavy (non-hydrogen) atoms. The zero-order chi connectivity index (χ0) is 16.4. The van der Waals surface area contributed by atoms with Crippen LogP contribution >= 0.6 is 11.3 Å². The third-order valence-corrected chi connectivity index (χ3v) is 7.87. The van der Waals surface area contributed by atoms with Crippen LogP contribution in [0.25, 0.3) is 0 Å². The molecule has 1 aromatic heterocycles. The topological polar surface area (TPSA) is 40.6 Å². The van der Waals surface area contributed by atoms with Crippen molar-refractivity contribution in [3.05, 3.63) is 46.8 Å². The van der Waals surface area contributed by atoms with Crippen LogP contribution in [0.3, 0.4) is 0 Å². The second-order valence-electron chi connectivity index (χ2n) is 5.75. The Hall–Kier alpha value is -1.37. The maximum absolute atomic E-state index is 12.7. The molecule has 0 atom stereocenters. The summed E-state index contributed by atoms with van der Waals surface area (Å²) in [4.78, 5) is 3.38. The van der Waals surface area contributed by atoms with Gasteiger partial charge >= 0.3 is 0 Å². The van der Waals surface area contributed by atoms with Gasteiger partial charge < -0.3 is 4.90 Å². The molecule has 0 amide bonds. The molecule has 0 spiro atoms. The average molecular weight is 351 g/mol. The molecule has 1 aliphatic rings. The van der Waals surface area contributed by atoms with E-state index in [1.807, 2.05) is 25.1 Å². The minimum Gasteiger partial charge on any atom is -0.369 e. The average Bonchev–Trinajstić information content (AvgIpc) is 3.05. The Morgan fingerprint density at radius 1 is 1.04 bits per heavy atom. The molecular weight excluding hydrogens is 328 g/mol. The van der Waals surface area contributed by atoms with Gasteiger partial charge in [0.05, 0.1) is 0 Å². The van der Waals surface area contributed by atoms with Crippen molar-refractivity contribution in [3.63, 3.8) is 0 Å². The van der Waals surface area contributed by atoms with Gasteiger partial charge in [-0.3, -0.25) is 0 Å². The van der Waals surface area contributed by atoms with Crippen LogP contribution in [0.1, 0.15) is 17.4 Å². The van der Waals surface area contributed by atoms with Gasteiger partial charge in [-0.2, -0.15) is 4.31 Å². The number of aryl methyl sites for hydroxylation is 2. The lowest BCUT2D eigenvalue weighted by Gasteiger charge is -2.35. The third-order valence-electron chi connectivity index (χ3n) is 4.27. The zero-order valence-corrected chi connectivity index (χ0v) is 15.2. The van der Waals surface area contributed by atoms with Gasteiger partial charge in [-0.25, -0.2) is 8.42 Å². The third kappa shape index (κ3) is 3.29. The normalized spacial score (nSPS) is 16.7. The number of rotatable bonds is 4. The Bertz CT molecular complexity index is 775. The van der Waals surface area contributed by atoms with Gasteiger partial charge in [0.1, 0.15) is 4.21 Å². The van der Waals surface area contributed by atoms with Crippen LogP contribution in [0.15, 0.2) is 40.6 Å². The van der Waals surface area contributed by atoms with E-state index in [0.29, 0.717) is 17.3 Å². The molecule has 0 N–H and O–H groups in total. The lowest BCUT2D eigenvalue weighted by atomic mass is 10.1. The number of hydrogen-bond acceptors (Lipinski definition) is 4. The van der Waals surface area contributed by atoms with E-state index in [1.165, 1.54) is 22.6 Å². The van der Waals surface area contributed by atoms with Crippen LogP contribution in [-0.4, -0.2) is 38.9 Å². The minimum absolute atomic E-state index is 0.471. The maximum atomic E-state index is 12.7. The second-order valence-corrected chi connectivity index (χ2v) is 9.09. The number of sulfonamides is 1. The van der Waals surface area contributed by atoms with Crippen molar-refractivity contribution in [1.29, 1.82) is 0 Å². The molecule has 2 aromatic rings. The molecule has 1 aromatic carbocycles. The SMILES string of the molecule is CCc1ccc(S(=O)(=O)N2CCN(c3ccccc3C)CC2)s1. The van der Waals surface area contributed by atoms with E-state index in [9.17, 15) is 8.42 Å². The lowest BCUT2D eigenvalue weighted by molar-refractivity contribution is 0.385. The molecule has 6 heteroatoms.